The summed E-state index contributed by atoms with van der Waals surface area (Å²) in [6, 6.07) is -1.03. The van der Waals surface area contributed by atoms with Crippen LogP contribution in [-0.2, 0) is 33.2 Å². The predicted octanol–water partition coefficient (Wildman–Crippen LogP) is 16.9. The Bertz CT molecular complexity index is 2730. The SMILES string of the molecule is CC/C=C\C/C=C\C/C=C\C/C=C\C/C=C\C/C=C\C/C=C\C/C=C\C/C=C\C/C=C\C/C=C\C/C=C\CCCCC(=O)NC(COC1OC(CO)C(OC2OC(CO)C(OC3OC(CO)C(O)C(O)C3O)C(O)C2O)C(O)C1O)C(O)/C=C/CC/C=C/CCCCCCCCCCCCCCCCCCCCCCCCCC. The number of allylic oxidation sites excluding steroid dienone is 27. The maximum Gasteiger partial charge on any atom is 0.220 e. The fourth-order valence-electron chi connectivity index (χ4n) is 13.7. The maximum absolute atomic E-state index is 13.5. The highest BCUT2D eigenvalue weighted by atomic mass is 16.8. The molecule has 650 valence electrons. The number of amides is 1. The molecule has 19 heteroatoms. The van der Waals surface area contributed by atoms with Gasteiger partial charge < -0.3 is 89.9 Å². The van der Waals surface area contributed by atoms with E-state index in [9.17, 15) is 61.0 Å². The lowest BCUT2D eigenvalue weighted by atomic mass is 9.96. The molecule has 3 fully saturated rings. The fraction of sp³-hybridized carbons (Fsp3) is 0.695. The molecule has 0 radical (unpaired) electrons. The van der Waals surface area contributed by atoms with Gasteiger partial charge in [-0.15, -0.1) is 0 Å². The minimum Gasteiger partial charge on any atom is -0.394 e. The average molecular weight is 1600 g/mol. The summed E-state index contributed by atoms with van der Waals surface area (Å²) in [6.45, 7) is 1.58. The van der Waals surface area contributed by atoms with Gasteiger partial charge in [0.2, 0.25) is 5.91 Å². The molecule has 114 heavy (non-hydrogen) atoms. The van der Waals surface area contributed by atoms with Crippen LogP contribution in [0, 0.1) is 0 Å². The molecule has 0 spiro atoms. The van der Waals surface area contributed by atoms with Crippen molar-refractivity contribution in [2.75, 3.05) is 26.4 Å². The van der Waals surface area contributed by atoms with Crippen LogP contribution < -0.4 is 5.32 Å². The van der Waals surface area contributed by atoms with Crippen LogP contribution in [0.25, 0.3) is 0 Å². The number of aliphatic hydroxyl groups excluding tert-OH is 11. The summed E-state index contributed by atoms with van der Waals surface area (Å²) >= 11 is 0. The molecule has 0 saturated carbocycles. The first-order valence-electron chi connectivity index (χ1n) is 44.4. The second-order valence-corrected chi connectivity index (χ2v) is 30.6. The van der Waals surface area contributed by atoms with Gasteiger partial charge in [-0.1, -0.05) is 332 Å². The summed E-state index contributed by atoms with van der Waals surface area (Å²) in [5.74, 6) is -0.332. The summed E-state index contributed by atoms with van der Waals surface area (Å²) in [7, 11) is 0. The van der Waals surface area contributed by atoms with Crippen LogP contribution in [0.5, 0.6) is 0 Å². The van der Waals surface area contributed by atoms with Gasteiger partial charge in [0, 0.05) is 6.42 Å². The van der Waals surface area contributed by atoms with E-state index in [1.807, 2.05) is 6.08 Å². The highest BCUT2D eigenvalue weighted by Gasteiger charge is 2.54. The molecular weight excluding hydrogens is 1440 g/mol. The highest BCUT2D eigenvalue weighted by Crippen LogP contribution is 2.33. The Morgan fingerprint density at radius 2 is 0.614 bits per heavy atom. The number of aliphatic hydroxyl groups is 11. The number of rotatable bonds is 69. The Kier molecular flexibility index (Phi) is 65.4. The molecule has 19 nitrogen and oxygen atoms in total. The zero-order valence-electron chi connectivity index (χ0n) is 70.0. The van der Waals surface area contributed by atoms with E-state index in [4.69, 9.17) is 28.4 Å². The van der Waals surface area contributed by atoms with E-state index < -0.39 is 131 Å². The number of carbonyl (C=O) groups excluding carboxylic acids is 1. The first kappa shape index (κ1) is 103. The second kappa shape index (κ2) is 72.2. The van der Waals surface area contributed by atoms with Gasteiger partial charge in [-0.05, 0) is 122 Å². The van der Waals surface area contributed by atoms with Crippen molar-refractivity contribution < 1.29 is 89.4 Å². The Morgan fingerprint density at radius 3 is 0.982 bits per heavy atom. The third kappa shape index (κ3) is 50.2. The molecule has 3 rings (SSSR count). The molecular formula is C95H157NO18. The molecule has 17 atom stereocenters. The highest BCUT2D eigenvalue weighted by molar-refractivity contribution is 5.76. The van der Waals surface area contributed by atoms with E-state index in [1.54, 1.807) is 6.08 Å². The van der Waals surface area contributed by atoms with Crippen LogP contribution in [0.3, 0.4) is 0 Å². The monoisotopic (exact) mass is 1600 g/mol. The number of carbonyl (C=O) groups is 1. The van der Waals surface area contributed by atoms with Crippen molar-refractivity contribution in [3.63, 3.8) is 0 Å². The van der Waals surface area contributed by atoms with E-state index in [2.05, 4.69) is 177 Å². The van der Waals surface area contributed by atoms with Crippen molar-refractivity contribution in [3.05, 3.63) is 170 Å². The van der Waals surface area contributed by atoms with Gasteiger partial charge in [0.1, 0.15) is 73.2 Å². The third-order valence-electron chi connectivity index (χ3n) is 20.7. The Morgan fingerprint density at radius 1 is 0.325 bits per heavy atom. The van der Waals surface area contributed by atoms with Gasteiger partial charge in [0.05, 0.1) is 38.6 Å². The molecule has 0 aromatic rings. The molecule has 0 aromatic heterocycles. The number of hydrogen-bond donors (Lipinski definition) is 12. The van der Waals surface area contributed by atoms with Crippen molar-refractivity contribution in [2.24, 2.45) is 0 Å². The van der Waals surface area contributed by atoms with Gasteiger partial charge in [0.15, 0.2) is 18.9 Å². The summed E-state index contributed by atoms with van der Waals surface area (Å²) in [5, 5.41) is 121. The number of nitrogens with one attached hydrogen (secondary N) is 1. The molecule has 3 aliphatic rings. The molecule has 17 unspecified atom stereocenters. The molecule has 0 aliphatic carbocycles. The number of hydrogen-bond acceptors (Lipinski definition) is 18. The topological polar surface area (TPSA) is 307 Å². The number of ether oxygens (including phenoxy) is 6. The van der Waals surface area contributed by atoms with E-state index in [-0.39, 0.29) is 12.3 Å². The Hall–Kier alpha value is -4.85. The average Bonchev–Trinajstić information content (AvgIpc) is 0.783. The minimum absolute atomic E-state index is 0.169. The molecule has 3 heterocycles. The third-order valence-corrected chi connectivity index (χ3v) is 20.7. The van der Waals surface area contributed by atoms with E-state index in [0.717, 1.165) is 109 Å². The Balaban J connectivity index is 1.38. The van der Waals surface area contributed by atoms with Gasteiger partial charge in [0.25, 0.3) is 0 Å². The van der Waals surface area contributed by atoms with E-state index in [0.29, 0.717) is 12.8 Å². The van der Waals surface area contributed by atoms with E-state index >= 15 is 0 Å². The van der Waals surface area contributed by atoms with Crippen molar-refractivity contribution in [2.45, 2.75) is 394 Å². The lowest BCUT2D eigenvalue weighted by Crippen LogP contribution is -2.66. The van der Waals surface area contributed by atoms with Crippen molar-refractivity contribution in [1.82, 2.24) is 5.32 Å². The van der Waals surface area contributed by atoms with Crippen LogP contribution in [0.2, 0.25) is 0 Å². The summed E-state index contributed by atoms with van der Waals surface area (Å²) in [4.78, 5) is 13.5. The van der Waals surface area contributed by atoms with Gasteiger partial charge in [-0.25, -0.2) is 0 Å². The van der Waals surface area contributed by atoms with Crippen LogP contribution in [0.4, 0.5) is 0 Å². The van der Waals surface area contributed by atoms with Gasteiger partial charge >= 0.3 is 0 Å². The van der Waals surface area contributed by atoms with Crippen molar-refractivity contribution in [3.8, 4) is 0 Å². The number of unbranched alkanes of at least 4 members (excludes halogenated alkanes) is 27. The Labute approximate surface area is 688 Å². The maximum atomic E-state index is 13.5. The van der Waals surface area contributed by atoms with Gasteiger partial charge in [-0.3, -0.25) is 4.79 Å². The molecule has 1 amide bonds. The molecule has 0 bridgehead atoms. The quantitative estimate of drug-likeness (QED) is 0.0199. The molecule has 0 aromatic carbocycles. The second-order valence-electron chi connectivity index (χ2n) is 30.6. The largest absolute Gasteiger partial charge is 0.394 e. The zero-order chi connectivity index (χ0) is 82.4. The normalized spacial score (nSPS) is 25.6. The van der Waals surface area contributed by atoms with Crippen LogP contribution in [0.15, 0.2) is 170 Å². The van der Waals surface area contributed by atoms with Crippen LogP contribution in [-0.4, -0.2) is 193 Å². The summed E-state index contributed by atoms with van der Waals surface area (Å²) in [5.41, 5.74) is 0. The molecule has 3 aliphatic heterocycles. The first-order valence-corrected chi connectivity index (χ1v) is 44.4. The lowest BCUT2D eigenvalue weighted by Gasteiger charge is -2.48. The van der Waals surface area contributed by atoms with Crippen molar-refractivity contribution >= 4 is 5.91 Å². The zero-order valence-corrected chi connectivity index (χ0v) is 70.0. The summed E-state index contributed by atoms with van der Waals surface area (Å²) in [6.07, 6.45) is 82.1. The van der Waals surface area contributed by atoms with Crippen LogP contribution in [0.1, 0.15) is 290 Å². The smallest absolute Gasteiger partial charge is 0.220 e. The summed E-state index contributed by atoms with van der Waals surface area (Å²) < 4.78 is 34.4. The minimum atomic E-state index is -2.00. The van der Waals surface area contributed by atoms with Gasteiger partial charge in [-0.2, -0.15) is 0 Å². The predicted molar refractivity (Wildman–Crippen MR) is 461 cm³/mol. The van der Waals surface area contributed by atoms with E-state index in [1.165, 1.54) is 148 Å². The lowest BCUT2D eigenvalue weighted by molar-refractivity contribution is -0.379. The fourth-order valence-corrected chi connectivity index (χ4v) is 13.7. The van der Waals surface area contributed by atoms with Crippen molar-refractivity contribution in [1.29, 1.82) is 0 Å². The first-order chi connectivity index (χ1) is 55.8. The standard InChI is InChI=1S/C95H157NO18/c1-3-5-7-9-11-13-15-17-19-21-23-25-27-29-31-33-35-36-37-38-39-40-41-42-43-45-47-49-51-53-55-57-59-61-63-65-67-69-71-73-83(101)96-78(79(100)72-70-68-66-64-62-60-58-56-54-52-50-48-46-44-34-32-30-28-26-24-22-20-18-16-14-12-10-8-6-4-2)77-109-93-89(107)86(104)91(81(75-98)111-93)114-95-90(108)87(105)92(82(76-99)112-95)113-94-88(106)85(103)84(102)80(74-97)110-94/h5,7,11,13,17,19,23,25,29,31,35-36,38-39,41-42,45,47,51,53,57,59,62-65,70,72,78-82,84-95,97-100,102-108H,3-4,6,8-10,12,14-16,18,20-22,24,26-28,30,32-34,37,40,43-44,46,48-50,52,54-56,58,60-61,66-69,71,73-77H2,1-2H3,(H,96,101)/b7-5-,13-11-,19-17-,25-23-,31-29-,36-35-,39-38-,42-41-,47-45-,53-51-,59-57-,64-62+,65-63-,72-70+. The molecule has 12 N–H and O–H groups in total. The molecule has 3 saturated heterocycles. The van der Waals surface area contributed by atoms with Crippen LogP contribution >= 0.6 is 0 Å².